The third kappa shape index (κ3) is 4.73. The molecule has 1 aliphatic rings. The number of benzene rings is 3. The fourth-order valence-electron chi connectivity index (χ4n) is 3.78. The number of anilines is 4. The Morgan fingerprint density at radius 2 is 1.59 bits per heavy atom. The molecule has 1 heterocycles. The van der Waals surface area contributed by atoms with Gasteiger partial charge in [0.1, 0.15) is 0 Å². The minimum Gasteiger partial charge on any atom is -0.386 e. The summed E-state index contributed by atoms with van der Waals surface area (Å²) in [7, 11) is 1.77. The lowest BCUT2D eigenvalue weighted by Gasteiger charge is -2.31. The van der Waals surface area contributed by atoms with Crippen molar-refractivity contribution in [3.8, 4) is 11.1 Å². The van der Waals surface area contributed by atoms with E-state index in [4.69, 9.17) is 4.74 Å². The SMILES string of the molecule is CNc1cc(NC(=O)c2ccc(-c3ccccc3)cc2)c(N2CCOCC2)cc1NC=O. The van der Waals surface area contributed by atoms with Crippen LogP contribution in [0.3, 0.4) is 0 Å². The molecule has 0 atom stereocenters. The summed E-state index contributed by atoms with van der Waals surface area (Å²) >= 11 is 0. The van der Waals surface area contributed by atoms with E-state index >= 15 is 0 Å². The highest BCUT2D eigenvalue weighted by molar-refractivity contribution is 6.07. The van der Waals surface area contributed by atoms with E-state index in [-0.39, 0.29) is 5.91 Å². The van der Waals surface area contributed by atoms with Gasteiger partial charge in [0.2, 0.25) is 6.41 Å². The number of hydrogen-bond donors (Lipinski definition) is 3. The molecule has 1 saturated heterocycles. The summed E-state index contributed by atoms with van der Waals surface area (Å²) in [4.78, 5) is 26.3. The normalized spacial score (nSPS) is 13.3. The van der Waals surface area contributed by atoms with E-state index in [2.05, 4.69) is 20.9 Å². The summed E-state index contributed by atoms with van der Waals surface area (Å²) in [5.74, 6) is -0.197. The van der Waals surface area contributed by atoms with E-state index in [9.17, 15) is 9.59 Å². The second kappa shape index (κ2) is 9.98. The van der Waals surface area contributed by atoms with Gasteiger partial charge in [-0.2, -0.15) is 0 Å². The van der Waals surface area contributed by atoms with Gasteiger partial charge in [-0.1, -0.05) is 42.5 Å². The van der Waals surface area contributed by atoms with Crippen LogP contribution in [-0.2, 0) is 9.53 Å². The largest absolute Gasteiger partial charge is 0.386 e. The van der Waals surface area contributed by atoms with E-state index in [0.29, 0.717) is 55.3 Å². The van der Waals surface area contributed by atoms with Crippen molar-refractivity contribution in [3.05, 3.63) is 72.3 Å². The van der Waals surface area contributed by atoms with Crippen LogP contribution in [0, 0.1) is 0 Å². The summed E-state index contributed by atoms with van der Waals surface area (Å²) in [6.45, 7) is 2.62. The van der Waals surface area contributed by atoms with Gasteiger partial charge < -0.3 is 25.6 Å². The van der Waals surface area contributed by atoms with Crippen molar-refractivity contribution in [2.45, 2.75) is 0 Å². The van der Waals surface area contributed by atoms with Crippen molar-refractivity contribution >= 4 is 35.1 Å². The molecule has 0 bridgehead atoms. The van der Waals surface area contributed by atoms with Gasteiger partial charge >= 0.3 is 0 Å². The van der Waals surface area contributed by atoms with E-state index in [0.717, 1.165) is 16.8 Å². The molecule has 0 spiro atoms. The highest BCUT2D eigenvalue weighted by Crippen LogP contribution is 2.36. The topological polar surface area (TPSA) is 82.7 Å². The number of ether oxygens (including phenoxy) is 1. The first-order valence-electron chi connectivity index (χ1n) is 10.5. The first-order valence-corrected chi connectivity index (χ1v) is 10.5. The Kier molecular flexibility index (Phi) is 6.67. The number of rotatable bonds is 7. The number of carbonyl (C=O) groups excluding carboxylic acids is 2. The highest BCUT2D eigenvalue weighted by Gasteiger charge is 2.19. The zero-order chi connectivity index (χ0) is 22.3. The zero-order valence-corrected chi connectivity index (χ0v) is 17.9. The van der Waals surface area contributed by atoms with Crippen molar-refractivity contribution in [1.29, 1.82) is 0 Å². The predicted octanol–water partition coefficient (Wildman–Crippen LogP) is 4.05. The maximum absolute atomic E-state index is 13.1. The Morgan fingerprint density at radius 1 is 0.906 bits per heavy atom. The molecule has 1 fully saturated rings. The van der Waals surface area contributed by atoms with Crippen LogP contribution in [0.25, 0.3) is 11.1 Å². The van der Waals surface area contributed by atoms with Gasteiger partial charge in [0.15, 0.2) is 0 Å². The van der Waals surface area contributed by atoms with E-state index in [1.165, 1.54) is 0 Å². The van der Waals surface area contributed by atoms with Crippen molar-refractivity contribution in [3.63, 3.8) is 0 Å². The molecule has 3 aromatic carbocycles. The second-order valence-electron chi connectivity index (χ2n) is 7.42. The molecular weight excluding hydrogens is 404 g/mol. The van der Waals surface area contributed by atoms with Crippen molar-refractivity contribution in [1.82, 2.24) is 0 Å². The number of nitrogens with one attached hydrogen (secondary N) is 3. The molecule has 1 aliphatic heterocycles. The highest BCUT2D eigenvalue weighted by atomic mass is 16.5. The van der Waals surface area contributed by atoms with Gasteiger partial charge in [0, 0.05) is 25.7 Å². The molecule has 4 rings (SSSR count). The minimum atomic E-state index is -0.197. The molecule has 3 aromatic rings. The standard InChI is InChI=1S/C25H26N4O3/c1-26-21-15-23(24(16-22(21)27-17-30)29-11-13-32-14-12-29)28-25(31)20-9-7-19(8-10-20)18-5-3-2-4-6-18/h2-10,15-17,26H,11-14H2,1H3,(H,27,30)(H,28,31). The fourth-order valence-corrected chi connectivity index (χ4v) is 3.78. The lowest BCUT2D eigenvalue weighted by atomic mass is 10.0. The summed E-state index contributed by atoms with van der Waals surface area (Å²) in [5.41, 5.74) is 5.59. The van der Waals surface area contributed by atoms with Gasteiger partial charge in [0.05, 0.1) is 36.0 Å². The van der Waals surface area contributed by atoms with Crippen molar-refractivity contribution < 1.29 is 14.3 Å². The molecule has 2 amide bonds. The molecule has 0 saturated carbocycles. The number of carbonyl (C=O) groups is 2. The number of hydrogen-bond acceptors (Lipinski definition) is 5. The molecule has 0 unspecified atom stereocenters. The van der Waals surface area contributed by atoms with E-state index in [1.807, 2.05) is 66.7 Å². The van der Waals surface area contributed by atoms with Gasteiger partial charge in [-0.15, -0.1) is 0 Å². The number of nitrogens with zero attached hydrogens (tertiary/aromatic N) is 1. The van der Waals surface area contributed by atoms with Gasteiger partial charge in [-0.3, -0.25) is 9.59 Å². The van der Waals surface area contributed by atoms with Gasteiger partial charge in [-0.05, 0) is 35.4 Å². The Hall–Kier alpha value is -3.84. The monoisotopic (exact) mass is 430 g/mol. The molecular formula is C25H26N4O3. The molecule has 164 valence electrons. The van der Waals surface area contributed by atoms with Crippen LogP contribution in [0.5, 0.6) is 0 Å². The predicted molar refractivity (Wildman–Crippen MR) is 129 cm³/mol. The lowest BCUT2D eigenvalue weighted by Crippen LogP contribution is -2.37. The van der Waals surface area contributed by atoms with Crippen molar-refractivity contribution in [2.24, 2.45) is 0 Å². The Bertz CT molecular complexity index is 1080. The molecule has 7 nitrogen and oxygen atoms in total. The first kappa shape index (κ1) is 21.4. The Morgan fingerprint density at radius 3 is 2.25 bits per heavy atom. The van der Waals surface area contributed by atoms with Crippen LogP contribution >= 0.6 is 0 Å². The summed E-state index contributed by atoms with van der Waals surface area (Å²) in [6.07, 6.45) is 0.645. The molecule has 0 radical (unpaired) electrons. The molecule has 3 N–H and O–H groups in total. The lowest BCUT2D eigenvalue weighted by molar-refractivity contribution is -0.105. The number of morpholine rings is 1. The van der Waals surface area contributed by atoms with Crippen molar-refractivity contribution in [2.75, 3.05) is 54.2 Å². The Labute approximate surface area is 187 Å². The van der Waals surface area contributed by atoms with E-state index < -0.39 is 0 Å². The van der Waals surface area contributed by atoms with Crippen LogP contribution in [0.1, 0.15) is 10.4 Å². The van der Waals surface area contributed by atoms with Gasteiger partial charge in [-0.25, -0.2) is 0 Å². The fraction of sp³-hybridized carbons (Fsp3) is 0.200. The van der Waals surface area contributed by atoms with Crippen LogP contribution in [0.2, 0.25) is 0 Å². The summed E-state index contributed by atoms with van der Waals surface area (Å²) in [6, 6.07) is 21.3. The third-order valence-electron chi connectivity index (χ3n) is 5.47. The minimum absolute atomic E-state index is 0.197. The Balaban J connectivity index is 1.61. The maximum Gasteiger partial charge on any atom is 0.255 e. The van der Waals surface area contributed by atoms with Crippen LogP contribution < -0.4 is 20.9 Å². The molecule has 32 heavy (non-hydrogen) atoms. The quantitative estimate of drug-likeness (QED) is 0.493. The summed E-state index contributed by atoms with van der Waals surface area (Å²) < 4.78 is 5.47. The maximum atomic E-state index is 13.1. The molecule has 0 aromatic heterocycles. The molecule has 7 heteroatoms. The summed E-state index contributed by atoms with van der Waals surface area (Å²) in [5, 5.41) is 8.85. The van der Waals surface area contributed by atoms with Crippen LogP contribution in [0.15, 0.2) is 66.7 Å². The average Bonchev–Trinajstić information content (AvgIpc) is 2.86. The second-order valence-corrected chi connectivity index (χ2v) is 7.42. The first-order chi connectivity index (χ1) is 15.7. The molecule has 0 aliphatic carbocycles. The smallest absolute Gasteiger partial charge is 0.255 e. The van der Waals surface area contributed by atoms with Crippen LogP contribution in [0.4, 0.5) is 22.7 Å². The van der Waals surface area contributed by atoms with E-state index in [1.54, 1.807) is 7.05 Å². The van der Waals surface area contributed by atoms with Gasteiger partial charge in [0.25, 0.3) is 5.91 Å². The third-order valence-corrected chi connectivity index (χ3v) is 5.47. The number of amides is 2. The van der Waals surface area contributed by atoms with Crippen LogP contribution in [-0.4, -0.2) is 45.7 Å². The average molecular weight is 431 g/mol. The zero-order valence-electron chi connectivity index (χ0n) is 17.9.